The number of amides is 2. The summed E-state index contributed by atoms with van der Waals surface area (Å²) < 4.78 is 0. The summed E-state index contributed by atoms with van der Waals surface area (Å²) in [4.78, 5) is 22.6. The van der Waals surface area contributed by atoms with E-state index in [4.69, 9.17) is 17.4 Å². The standard InChI is InChI=1S/C8H11N5O2.Na.H/c9-5-3-1-2-4(7(14)12-10)6(5)8(15)13-11;;/h1-3H,9-11H2,(H,12,14)(H,13,15);;/q;+1;-1. The number of carbonyl (C=O) groups excluding carboxylic acids is 2. The van der Waals surface area contributed by atoms with Crippen molar-refractivity contribution in [1.29, 1.82) is 0 Å². The van der Waals surface area contributed by atoms with Crippen LogP contribution < -0.4 is 57.8 Å². The normalized spacial score (nSPS) is 8.88. The number of carbonyl (C=O) groups is 2. The third kappa shape index (κ3) is 2.94. The topological polar surface area (TPSA) is 136 Å². The number of nitrogens with one attached hydrogen (secondary N) is 2. The van der Waals surface area contributed by atoms with Crippen LogP contribution in [0.3, 0.4) is 0 Å². The van der Waals surface area contributed by atoms with Gasteiger partial charge in [-0.3, -0.25) is 20.4 Å². The Labute approximate surface area is 115 Å². The molecular formula is C8H12N5NaO2. The molecule has 7 nitrogen and oxygen atoms in total. The molecule has 1 aromatic carbocycles. The minimum Gasteiger partial charge on any atom is -1.00 e. The molecule has 8 heteroatoms. The smallest absolute Gasteiger partial charge is 1.00 e. The largest absolute Gasteiger partial charge is 1.00 e. The van der Waals surface area contributed by atoms with Crippen LogP contribution >= 0.6 is 0 Å². The molecule has 0 radical (unpaired) electrons. The Morgan fingerprint density at radius 1 is 1.12 bits per heavy atom. The maximum Gasteiger partial charge on any atom is 1.00 e. The molecule has 0 unspecified atom stereocenters. The van der Waals surface area contributed by atoms with E-state index in [1.54, 1.807) is 0 Å². The molecule has 82 valence electrons. The summed E-state index contributed by atoms with van der Waals surface area (Å²) in [6, 6.07) is 4.44. The van der Waals surface area contributed by atoms with Crippen LogP contribution in [0.1, 0.15) is 22.1 Å². The van der Waals surface area contributed by atoms with Gasteiger partial charge in [0, 0.05) is 5.69 Å². The Balaban J connectivity index is 0. The molecule has 0 aliphatic rings. The monoisotopic (exact) mass is 233 g/mol. The zero-order valence-corrected chi connectivity index (χ0v) is 10.8. The van der Waals surface area contributed by atoms with Crippen molar-refractivity contribution in [2.24, 2.45) is 11.7 Å². The zero-order chi connectivity index (χ0) is 11.4. The maximum absolute atomic E-state index is 11.3. The molecule has 2 amide bonds. The van der Waals surface area contributed by atoms with Crippen LogP contribution in [-0.4, -0.2) is 11.8 Å². The molecule has 8 N–H and O–H groups in total. The van der Waals surface area contributed by atoms with Crippen LogP contribution in [0.5, 0.6) is 0 Å². The molecule has 0 spiro atoms. The molecule has 0 aromatic heterocycles. The molecule has 0 saturated heterocycles. The van der Waals surface area contributed by atoms with Crippen LogP contribution in [-0.2, 0) is 0 Å². The van der Waals surface area contributed by atoms with Gasteiger partial charge in [-0.15, -0.1) is 0 Å². The van der Waals surface area contributed by atoms with Crippen molar-refractivity contribution in [3.63, 3.8) is 0 Å². The van der Waals surface area contributed by atoms with Crippen molar-refractivity contribution in [2.75, 3.05) is 5.73 Å². The third-order valence-electron chi connectivity index (χ3n) is 1.83. The first-order valence-corrected chi connectivity index (χ1v) is 4.02. The van der Waals surface area contributed by atoms with Crippen molar-refractivity contribution >= 4 is 17.5 Å². The minimum atomic E-state index is -0.647. The summed E-state index contributed by atoms with van der Waals surface area (Å²) in [5.41, 5.74) is 9.59. The summed E-state index contributed by atoms with van der Waals surface area (Å²) in [5, 5.41) is 0. The zero-order valence-electron chi connectivity index (χ0n) is 9.78. The number of nitrogens with two attached hydrogens (primary N) is 3. The predicted molar refractivity (Wildman–Crippen MR) is 55.3 cm³/mol. The maximum atomic E-state index is 11.3. The number of hydrogen-bond acceptors (Lipinski definition) is 5. The van der Waals surface area contributed by atoms with E-state index < -0.39 is 11.8 Å². The van der Waals surface area contributed by atoms with Crippen LogP contribution in [0.25, 0.3) is 0 Å². The summed E-state index contributed by atoms with van der Waals surface area (Å²) >= 11 is 0. The Hall–Kier alpha value is -1.12. The first kappa shape index (κ1) is 14.9. The molecular weight excluding hydrogens is 221 g/mol. The van der Waals surface area contributed by atoms with E-state index in [1.165, 1.54) is 18.2 Å². The Morgan fingerprint density at radius 3 is 2.19 bits per heavy atom. The van der Waals surface area contributed by atoms with Crippen molar-refractivity contribution < 1.29 is 40.6 Å². The fourth-order valence-electron chi connectivity index (χ4n) is 1.16. The van der Waals surface area contributed by atoms with E-state index in [2.05, 4.69) is 0 Å². The predicted octanol–water partition coefficient (Wildman–Crippen LogP) is -4.41. The molecule has 0 heterocycles. The third-order valence-corrected chi connectivity index (χ3v) is 1.83. The van der Waals surface area contributed by atoms with Gasteiger partial charge in [0.25, 0.3) is 11.8 Å². The summed E-state index contributed by atoms with van der Waals surface area (Å²) in [6.07, 6.45) is 0. The quantitative estimate of drug-likeness (QED) is 0.115. The van der Waals surface area contributed by atoms with Gasteiger partial charge in [-0.05, 0) is 12.1 Å². The van der Waals surface area contributed by atoms with Gasteiger partial charge in [-0.25, -0.2) is 11.7 Å². The SMILES string of the molecule is NNC(=O)c1cccc(N)c1C(=O)NN.[H-].[Na+]. The Morgan fingerprint density at radius 2 is 1.69 bits per heavy atom. The van der Waals surface area contributed by atoms with E-state index in [-0.39, 0.29) is 47.8 Å². The Kier molecular flexibility index (Phi) is 6.01. The van der Waals surface area contributed by atoms with Crippen LogP contribution in [0.4, 0.5) is 5.69 Å². The summed E-state index contributed by atoms with van der Waals surface area (Å²) in [5.74, 6) is 8.67. The number of hydrogen-bond donors (Lipinski definition) is 5. The molecule has 0 atom stereocenters. The van der Waals surface area contributed by atoms with Gasteiger partial charge < -0.3 is 7.16 Å². The van der Waals surface area contributed by atoms with Gasteiger partial charge in [-0.1, -0.05) is 6.07 Å². The van der Waals surface area contributed by atoms with Gasteiger partial charge in [-0.2, -0.15) is 0 Å². The Bertz CT molecular complexity index is 415. The minimum absolute atomic E-state index is 0. The van der Waals surface area contributed by atoms with Crippen molar-refractivity contribution in [3.8, 4) is 0 Å². The van der Waals surface area contributed by atoms with Crippen LogP contribution in [0.15, 0.2) is 18.2 Å². The van der Waals surface area contributed by atoms with E-state index in [1.807, 2.05) is 10.9 Å². The molecule has 16 heavy (non-hydrogen) atoms. The van der Waals surface area contributed by atoms with Gasteiger partial charge >= 0.3 is 29.6 Å². The van der Waals surface area contributed by atoms with Crippen molar-refractivity contribution in [3.05, 3.63) is 29.3 Å². The van der Waals surface area contributed by atoms with E-state index >= 15 is 0 Å². The fourth-order valence-corrected chi connectivity index (χ4v) is 1.16. The molecule has 0 aliphatic heterocycles. The molecule has 1 rings (SSSR count). The van der Waals surface area contributed by atoms with Gasteiger partial charge in [0.15, 0.2) is 0 Å². The molecule has 0 fully saturated rings. The molecule has 0 bridgehead atoms. The fraction of sp³-hybridized carbons (Fsp3) is 0. The van der Waals surface area contributed by atoms with Crippen LogP contribution in [0, 0.1) is 0 Å². The van der Waals surface area contributed by atoms with Crippen molar-refractivity contribution in [2.45, 2.75) is 0 Å². The second-order valence-corrected chi connectivity index (χ2v) is 2.72. The van der Waals surface area contributed by atoms with Gasteiger partial charge in [0.05, 0.1) is 11.1 Å². The van der Waals surface area contributed by atoms with E-state index in [0.717, 1.165) is 0 Å². The summed E-state index contributed by atoms with van der Waals surface area (Å²) in [6.45, 7) is 0. The number of benzene rings is 1. The van der Waals surface area contributed by atoms with E-state index in [9.17, 15) is 9.59 Å². The summed E-state index contributed by atoms with van der Waals surface area (Å²) in [7, 11) is 0. The average Bonchev–Trinajstić information content (AvgIpc) is 2.26. The first-order chi connectivity index (χ1) is 7.11. The number of hydrazine groups is 2. The average molecular weight is 233 g/mol. The first-order valence-electron chi connectivity index (χ1n) is 4.02. The molecule has 1 aromatic rings. The van der Waals surface area contributed by atoms with E-state index in [0.29, 0.717) is 0 Å². The van der Waals surface area contributed by atoms with Gasteiger partial charge in [0.2, 0.25) is 0 Å². The number of nitrogen functional groups attached to an aromatic ring is 3. The number of anilines is 1. The van der Waals surface area contributed by atoms with Crippen LogP contribution in [0.2, 0.25) is 0 Å². The second-order valence-electron chi connectivity index (χ2n) is 2.72. The number of rotatable bonds is 2. The van der Waals surface area contributed by atoms with Gasteiger partial charge in [0.1, 0.15) is 0 Å². The molecule has 0 aliphatic carbocycles. The van der Waals surface area contributed by atoms with Crippen molar-refractivity contribution in [1.82, 2.24) is 10.9 Å². The molecule has 0 saturated carbocycles. The second kappa shape index (κ2) is 6.46.